The molecular weight excluding hydrogens is 364 g/mol. The highest BCUT2D eigenvalue weighted by molar-refractivity contribution is 7.13. The number of ether oxygens (including phenoxy) is 1. The number of benzene rings is 1. The summed E-state index contributed by atoms with van der Waals surface area (Å²) >= 11 is 1.37. The van der Waals surface area contributed by atoms with Crippen molar-refractivity contribution in [2.24, 2.45) is 0 Å². The minimum atomic E-state index is -0.444. The lowest BCUT2D eigenvalue weighted by atomic mass is 10.1. The van der Waals surface area contributed by atoms with Gasteiger partial charge >= 0.3 is 0 Å². The Morgan fingerprint density at radius 2 is 1.93 bits per heavy atom. The molecule has 1 aromatic carbocycles. The Kier molecular flexibility index (Phi) is 5.35. The zero-order valence-corrected chi connectivity index (χ0v) is 15.8. The highest BCUT2D eigenvalue weighted by Gasteiger charge is 2.34. The Morgan fingerprint density at radius 3 is 2.63 bits per heavy atom. The molecule has 1 aromatic heterocycles. The number of morpholine rings is 1. The van der Waals surface area contributed by atoms with Gasteiger partial charge in [-0.25, -0.2) is 4.98 Å². The van der Waals surface area contributed by atoms with E-state index < -0.39 is 6.04 Å². The average Bonchev–Trinajstić information content (AvgIpc) is 3.40. The van der Waals surface area contributed by atoms with Gasteiger partial charge in [0.1, 0.15) is 6.04 Å². The molecule has 0 saturated carbocycles. The summed E-state index contributed by atoms with van der Waals surface area (Å²) in [7, 11) is 0. The van der Waals surface area contributed by atoms with Crippen molar-refractivity contribution in [3.8, 4) is 0 Å². The second-order valence-corrected chi connectivity index (χ2v) is 7.52. The monoisotopic (exact) mass is 386 g/mol. The second kappa shape index (κ2) is 8.06. The molecule has 2 aliphatic heterocycles. The third kappa shape index (κ3) is 3.96. The molecule has 1 N–H and O–H groups in total. The normalized spacial score (nSPS) is 19.9. The Balaban J connectivity index is 1.43. The quantitative estimate of drug-likeness (QED) is 0.872. The first-order chi connectivity index (χ1) is 13.2. The molecule has 0 spiro atoms. The van der Waals surface area contributed by atoms with E-state index in [-0.39, 0.29) is 11.8 Å². The van der Waals surface area contributed by atoms with Crippen molar-refractivity contribution in [1.82, 2.24) is 9.88 Å². The third-order valence-electron chi connectivity index (χ3n) is 4.97. The smallest absolute Gasteiger partial charge is 0.254 e. The van der Waals surface area contributed by atoms with E-state index >= 15 is 0 Å². The van der Waals surface area contributed by atoms with Crippen LogP contribution < -0.4 is 10.2 Å². The van der Waals surface area contributed by atoms with Gasteiger partial charge in [0.15, 0.2) is 5.13 Å². The van der Waals surface area contributed by atoms with E-state index in [0.29, 0.717) is 23.7 Å². The fourth-order valence-electron chi connectivity index (χ4n) is 3.56. The van der Waals surface area contributed by atoms with Crippen molar-refractivity contribution in [3.63, 3.8) is 0 Å². The van der Waals surface area contributed by atoms with Crippen molar-refractivity contribution in [2.45, 2.75) is 18.9 Å². The summed E-state index contributed by atoms with van der Waals surface area (Å²) in [5.41, 5.74) is 1.70. The van der Waals surface area contributed by atoms with Crippen LogP contribution in [-0.4, -0.2) is 60.6 Å². The first kappa shape index (κ1) is 17.9. The predicted molar refractivity (Wildman–Crippen MR) is 104 cm³/mol. The van der Waals surface area contributed by atoms with Gasteiger partial charge in [-0.05, 0) is 37.1 Å². The number of hydrogen-bond donors (Lipinski definition) is 1. The first-order valence-electron chi connectivity index (χ1n) is 9.16. The van der Waals surface area contributed by atoms with Crippen LogP contribution in [0.1, 0.15) is 23.2 Å². The number of nitrogens with one attached hydrogen (secondary N) is 1. The van der Waals surface area contributed by atoms with Crippen LogP contribution >= 0.6 is 11.3 Å². The molecule has 0 bridgehead atoms. The molecule has 1 atom stereocenters. The summed E-state index contributed by atoms with van der Waals surface area (Å²) in [6.45, 7) is 3.77. The topological polar surface area (TPSA) is 74.8 Å². The van der Waals surface area contributed by atoms with Gasteiger partial charge in [0, 0.05) is 42.5 Å². The van der Waals surface area contributed by atoms with Gasteiger partial charge in [-0.1, -0.05) is 0 Å². The molecule has 1 unspecified atom stereocenters. The number of rotatable bonds is 4. The molecule has 2 saturated heterocycles. The van der Waals surface area contributed by atoms with Crippen LogP contribution in [0.25, 0.3) is 0 Å². The van der Waals surface area contributed by atoms with E-state index in [0.717, 1.165) is 38.4 Å². The van der Waals surface area contributed by atoms with Gasteiger partial charge in [-0.2, -0.15) is 0 Å². The summed E-state index contributed by atoms with van der Waals surface area (Å²) in [5.74, 6) is -0.263. The fraction of sp³-hybridized carbons (Fsp3) is 0.421. The lowest BCUT2D eigenvalue weighted by Crippen LogP contribution is -2.43. The minimum absolute atomic E-state index is 0.0969. The molecule has 2 fully saturated rings. The molecule has 4 rings (SSSR count). The minimum Gasteiger partial charge on any atom is -0.378 e. The number of nitrogens with zero attached hydrogens (tertiary/aromatic N) is 3. The molecule has 2 aliphatic rings. The number of thiazole rings is 1. The number of anilines is 2. The van der Waals surface area contributed by atoms with Crippen molar-refractivity contribution in [1.29, 1.82) is 0 Å². The van der Waals surface area contributed by atoms with Crippen LogP contribution in [0.4, 0.5) is 10.8 Å². The molecule has 27 heavy (non-hydrogen) atoms. The number of amides is 2. The highest BCUT2D eigenvalue weighted by atomic mass is 32.1. The van der Waals surface area contributed by atoms with Crippen LogP contribution in [-0.2, 0) is 9.53 Å². The van der Waals surface area contributed by atoms with E-state index in [2.05, 4.69) is 15.2 Å². The van der Waals surface area contributed by atoms with Crippen LogP contribution in [0.2, 0.25) is 0 Å². The number of aromatic nitrogens is 1. The average molecular weight is 386 g/mol. The van der Waals surface area contributed by atoms with E-state index in [1.165, 1.54) is 11.3 Å². The van der Waals surface area contributed by atoms with Crippen molar-refractivity contribution < 1.29 is 14.3 Å². The summed E-state index contributed by atoms with van der Waals surface area (Å²) in [5, 5.41) is 5.18. The molecule has 2 amide bonds. The standard InChI is InChI=1S/C19H22N4O3S/c24-17(21-19-20-7-13-27-19)16-2-1-8-23(16)18(25)14-3-5-15(6-4-14)22-9-11-26-12-10-22/h3-7,13,16H,1-2,8-12H2,(H,20,21,24). The van der Waals surface area contributed by atoms with Crippen molar-refractivity contribution in [2.75, 3.05) is 43.1 Å². The molecule has 3 heterocycles. The van der Waals surface area contributed by atoms with Gasteiger partial charge in [-0.15, -0.1) is 11.3 Å². The lowest BCUT2D eigenvalue weighted by molar-refractivity contribution is -0.119. The van der Waals surface area contributed by atoms with Gasteiger partial charge < -0.3 is 19.9 Å². The SMILES string of the molecule is O=C(Nc1nccs1)C1CCCN1C(=O)c1ccc(N2CCOCC2)cc1. The second-order valence-electron chi connectivity index (χ2n) is 6.63. The zero-order chi connectivity index (χ0) is 18.6. The molecule has 0 radical (unpaired) electrons. The molecular formula is C19H22N4O3S. The summed E-state index contributed by atoms with van der Waals surface area (Å²) < 4.78 is 5.38. The highest BCUT2D eigenvalue weighted by Crippen LogP contribution is 2.24. The van der Waals surface area contributed by atoms with E-state index in [1.54, 1.807) is 11.1 Å². The maximum absolute atomic E-state index is 13.0. The Labute approximate surface area is 161 Å². The molecule has 142 valence electrons. The number of hydrogen-bond acceptors (Lipinski definition) is 6. The maximum atomic E-state index is 13.0. The van der Waals surface area contributed by atoms with Gasteiger partial charge in [0.2, 0.25) is 5.91 Å². The number of carbonyl (C=O) groups excluding carboxylic acids is 2. The Hall–Kier alpha value is -2.45. The molecule has 7 nitrogen and oxygen atoms in total. The van der Waals surface area contributed by atoms with E-state index in [4.69, 9.17) is 4.74 Å². The third-order valence-corrected chi connectivity index (χ3v) is 5.66. The predicted octanol–water partition coefficient (Wildman–Crippen LogP) is 2.22. The summed E-state index contributed by atoms with van der Waals surface area (Å²) in [6.07, 6.45) is 3.15. The number of likely N-dealkylation sites (tertiary alicyclic amines) is 1. The fourth-order valence-corrected chi connectivity index (χ4v) is 4.09. The van der Waals surface area contributed by atoms with Crippen LogP contribution in [0.3, 0.4) is 0 Å². The van der Waals surface area contributed by atoms with Crippen LogP contribution in [0, 0.1) is 0 Å². The van der Waals surface area contributed by atoms with Gasteiger partial charge in [0.25, 0.3) is 5.91 Å². The molecule has 0 aliphatic carbocycles. The number of carbonyl (C=O) groups is 2. The molecule has 8 heteroatoms. The lowest BCUT2D eigenvalue weighted by Gasteiger charge is -2.29. The Morgan fingerprint density at radius 1 is 1.15 bits per heavy atom. The zero-order valence-electron chi connectivity index (χ0n) is 15.0. The first-order valence-corrected chi connectivity index (χ1v) is 10.0. The molecule has 2 aromatic rings. The van der Waals surface area contributed by atoms with Crippen LogP contribution in [0.15, 0.2) is 35.8 Å². The summed E-state index contributed by atoms with van der Waals surface area (Å²) in [4.78, 5) is 33.5. The van der Waals surface area contributed by atoms with Crippen molar-refractivity contribution in [3.05, 3.63) is 41.4 Å². The largest absolute Gasteiger partial charge is 0.378 e. The van der Waals surface area contributed by atoms with Crippen molar-refractivity contribution >= 4 is 34.0 Å². The summed E-state index contributed by atoms with van der Waals surface area (Å²) in [6, 6.07) is 7.20. The van der Waals surface area contributed by atoms with Gasteiger partial charge in [0.05, 0.1) is 13.2 Å². The van der Waals surface area contributed by atoms with Crippen LogP contribution in [0.5, 0.6) is 0 Å². The van der Waals surface area contributed by atoms with E-state index in [9.17, 15) is 9.59 Å². The maximum Gasteiger partial charge on any atom is 0.254 e. The Bertz CT molecular complexity index is 788. The van der Waals surface area contributed by atoms with E-state index in [1.807, 2.05) is 29.6 Å². The van der Waals surface area contributed by atoms with Gasteiger partial charge in [-0.3, -0.25) is 9.59 Å².